The molecule has 0 aromatic rings. The van der Waals surface area contributed by atoms with Crippen molar-refractivity contribution in [1.29, 1.82) is 0 Å². The van der Waals surface area contributed by atoms with Crippen molar-refractivity contribution in [3.05, 3.63) is 0 Å². The molecule has 0 unspecified atom stereocenters. The Morgan fingerprint density at radius 2 is 1.07 bits per heavy atom. The molecule has 0 spiro atoms. The van der Waals surface area contributed by atoms with Crippen molar-refractivity contribution in [3.8, 4) is 0 Å². The standard InChI is InChI=1S/C8H14O2.CH2O3/c1-3-7(9)5-6-8(10)4-2;2-1(3)4/h3-6H2,1-2H3;(H2,2,3,4). The molecule has 82 valence electrons. The van der Waals surface area contributed by atoms with Crippen molar-refractivity contribution in [2.75, 3.05) is 0 Å². The van der Waals surface area contributed by atoms with Gasteiger partial charge in [-0.25, -0.2) is 4.79 Å². The average molecular weight is 204 g/mol. The third-order valence-electron chi connectivity index (χ3n) is 1.47. The summed E-state index contributed by atoms with van der Waals surface area (Å²) in [5.41, 5.74) is 0. The van der Waals surface area contributed by atoms with E-state index in [4.69, 9.17) is 15.0 Å². The Balaban J connectivity index is 0. The number of Topliss-reactive ketones (excluding diaryl/α,β-unsaturated/α-hetero) is 2. The van der Waals surface area contributed by atoms with Crippen LogP contribution in [0.15, 0.2) is 0 Å². The fourth-order valence-electron chi connectivity index (χ4n) is 0.632. The fourth-order valence-corrected chi connectivity index (χ4v) is 0.632. The molecule has 0 radical (unpaired) electrons. The first kappa shape index (κ1) is 15.1. The highest BCUT2D eigenvalue weighted by Gasteiger charge is 2.01. The highest BCUT2D eigenvalue weighted by atomic mass is 16.6. The maximum Gasteiger partial charge on any atom is 0.503 e. The van der Waals surface area contributed by atoms with Gasteiger partial charge in [0.25, 0.3) is 0 Å². The molecular weight excluding hydrogens is 188 g/mol. The summed E-state index contributed by atoms with van der Waals surface area (Å²) in [4.78, 5) is 29.9. The highest BCUT2D eigenvalue weighted by molar-refractivity contribution is 5.85. The highest BCUT2D eigenvalue weighted by Crippen LogP contribution is 1.97. The predicted octanol–water partition coefficient (Wildman–Crippen LogP) is 1.95. The number of ketones is 2. The number of carbonyl (C=O) groups excluding carboxylic acids is 2. The minimum Gasteiger partial charge on any atom is -0.450 e. The summed E-state index contributed by atoms with van der Waals surface area (Å²) >= 11 is 0. The van der Waals surface area contributed by atoms with Crippen molar-refractivity contribution in [2.45, 2.75) is 39.5 Å². The van der Waals surface area contributed by atoms with Gasteiger partial charge in [-0.3, -0.25) is 9.59 Å². The summed E-state index contributed by atoms with van der Waals surface area (Å²) in [6.45, 7) is 3.64. The van der Waals surface area contributed by atoms with Crippen LogP contribution in [-0.4, -0.2) is 27.9 Å². The molecule has 0 rings (SSSR count). The molecule has 0 saturated heterocycles. The first-order chi connectivity index (χ1) is 6.43. The van der Waals surface area contributed by atoms with Crippen LogP contribution < -0.4 is 0 Å². The number of hydrogen-bond donors (Lipinski definition) is 2. The lowest BCUT2D eigenvalue weighted by molar-refractivity contribution is -0.123. The molecule has 0 aromatic heterocycles. The van der Waals surface area contributed by atoms with Crippen molar-refractivity contribution < 1.29 is 24.6 Å². The molecule has 5 heteroatoms. The second kappa shape index (κ2) is 9.70. The van der Waals surface area contributed by atoms with Gasteiger partial charge in [-0.2, -0.15) is 0 Å². The van der Waals surface area contributed by atoms with Gasteiger partial charge in [-0.1, -0.05) is 13.8 Å². The van der Waals surface area contributed by atoms with Gasteiger partial charge in [-0.15, -0.1) is 0 Å². The van der Waals surface area contributed by atoms with E-state index in [9.17, 15) is 9.59 Å². The van der Waals surface area contributed by atoms with Crippen LogP contribution >= 0.6 is 0 Å². The zero-order chi connectivity index (χ0) is 11.6. The SMILES string of the molecule is CCC(=O)CCC(=O)CC.O=C(O)O. The molecule has 0 aliphatic rings. The monoisotopic (exact) mass is 204 g/mol. The largest absolute Gasteiger partial charge is 0.503 e. The molecule has 14 heavy (non-hydrogen) atoms. The van der Waals surface area contributed by atoms with E-state index in [1.165, 1.54) is 0 Å². The second-order valence-corrected chi connectivity index (χ2v) is 2.57. The van der Waals surface area contributed by atoms with E-state index in [0.717, 1.165) is 0 Å². The Bertz CT molecular complexity index is 177. The van der Waals surface area contributed by atoms with Crippen LogP contribution in [0.4, 0.5) is 4.79 Å². The Kier molecular flexibility index (Phi) is 10.5. The first-order valence-corrected chi connectivity index (χ1v) is 4.39. The molecular formula is C9H16O5. The lowest BCUT2D eigenvalue weighted by atomic mass is 10.1. The Morgan fingerprint density at radius 1 is 0.857 bits per heavy atom. The second-order valence-electron chi connectivity index (χ2n) is 2.57. The number of hydrogen-bond acceptors (Lipinski definition) is 3. The van der Waals surface area contributed by atoms with Crippen molar-refractivity contribution in [1.82, 2.24) is 0 Å². The summed E-state index contributed by atoms with van der Waals surface area (Å²) < 4.78 is 0. The van der Waals surface area contributed by atoms with Gasteiger partial charge in [0.05, 0.1) is 0 Å². The van der Waals surface area contributed by atoms with E-state index in [1.807, 2.05) is 13.8 Å². The van der Waals surface area contributed by atoms with E-state index in [0.29, 0.717) is 25.7 Å². The summed E-state index contributed by atoms with van der Waals surface area (Å²) in [5.74, 6) is 0.364. The van der Waals surface area contributed by atoms with E-state index in [-0.39, 0.29) is 11.6 Å². The Labute approximate surface area is 82.7 Å². The van der Waals surface area contributed by atoms with Gasteiger partial charge in [0.15, 0.2) is 0 Å². The normalized spacial score (nSPS) is 8.43. The maximum atomic E-state index is 10.7. The van der Waals surface area contributed by atoms with Crippen LogP contribution in [0.5, 0.6) is 0 Å². The summed E-state index contributed by atoms with van der Waals surface area (Å²) in [7, 11) is 0. The van der Waals surface area contributed by atoms with Gasteiger partial charge in [-0.05, 0) is 0 Å². The van der Waals surface area contributed by atoms with Crippen molar-refractivity contribution in [3.63, 3.8) is 0 Å². The quantitative estimate of drug-likeness (QED) is 0.714. The molecule has 0 amide bonds. The van der Waals surface area contributed by atoms with E-state index in [1.54, 1.807) is 0 Å². The lowest BCUT2D eigenvalue weighted by Crippen LogP contribution is -2.01. The average Bonchev–Trinajstić information content (AvgIpc) is 2.12. The number of rotatable bonds is 5. The third kappa shape index (κ3) is 16.9. The zero-order valence-electron chi connectivity index (χ0n) is 8.45. The minimum atomic E-state index is -1.83. The van der Waals surface area contributed by atoms with Crippen molar-refractivity contribution >= 4 is 17.7 Å². The molecule has 0 fully saturated rings. The summed E-state index contributed by atoms with van der Waals surface area (Å²) in [6, 6.07) is 0. The number of carboxylic acid groups (broad SMARTS) is 2. The van der Waals surface area contributed by atoms with Crippen LogP contribution in [0, 0.1) is 0 Å². The van der Waals surface area contributed by atoms with Crippen LogP contribution in [0.1, 0.15) is 39.5 Å². The van der Waals surface area contributed by atoms with Gasteiger partial charge in [0.2, 0.25) is 0 Å². The first-order valence-electron chi connectivity index (χ1n) is 4.39. The van der Waals surface area contributed by atoms with E-state index < -0.39 is 6.16 Å². The summed E-state index contributed by atoms with van der Waals surface area (Å²) in [6.07, 6.45) is 0.139. The van der Waals surface area contributed by atoms with Crippen LogP contribution in [-0.2, 0) is 9.59 Å². The summed E-state index contributed by atoms with van der Waals surface area (Å²) in [5, 5.41) is 13.9. The fraction of sp³-hybridized carbons (Fsp3) is 0.667. The lowest BCUT2D eigenvalue weighted by Gasteiger charge is -1.94. The predicted molar refractivity (Wildman–Crippen MR) is 50.5 cm³/mol. The van der Waals surface area contributed by atoms with E-state index in [2.05, 4.69) is 0 Å². The Morgan fingerprint density at radius 3 is 1.21 bits per heavy atom. The van der Waals surface area contributed by atoms with Gasteiger partial charge in [0, 0.05) is 25.7 Å². The Hall–Kier alpha value is -1.39. The molecule has 0 aliphatic carbocycles. The molecule has 0 bridgehead atoms. The molecule has 0 saturated carbocycles. The topological polar surface area (TPSA) is 91.7 Å². The van der Waals surface area contributed by atoms with Crippen LogP contribution in [0.3, 0.4) is 0 Å². The number of carbonyl (C=O) groups is 3. The van der Waals surface area contributed by atoms with Gasteiger partial charge in [0.1, 0.15) is 11.6 Å². The molecule has 0 aromatic carbocycles. The van der Waals surface area contributed by atoms with Crippen LogP contribution in [0.25, 0.3) is 0 Å². The van der Waals surface area contributed by atoms with Gasteiger partial charge < -0.3 is 10.2 Å². The molecule has 0 aliphatic heterocycles. The molecule has 2 N–H and O–H groups in total. The molecule has 0 heterocycles. The molecule has 5 nitrogen and oxygen atoms in total. The smallest absolute Gasteiger partial charge is 0.450 e. The minimum absolute atomic E-state index is 0.182. The third-order valence-corrected chi connectivity index (χ3v) is 1.47. The molecule has 0 atom stereocenters. The van der Waals surface area contributed by atoms with Crippen LogP contribution in [0.2, 0.25) is 0 Å². The van der Waals surface area contributed by atoms with Crippen molar-refractivity contribution in [2.24, 2.45) is 0 Å². The zero-order valence-corrected chi connectivity index (χ0v) is 8.45. The van der Waals surface area contributed by atoms with Gasteiger partial charge >= 0.3 is 6.16 Å². The van der Waals surface area contributed by atoms with E-state index >= 15 is 0 Å². The maximum absolute atomic E-state index is 10.7.